The van der Waals surface area contributed by atoms with Gasteiger partial charge < -0.3 is 14.6 Å². The van der Waals surface area contributed by atoms with E-state index in [0.717, 1.165) is 75.5 Å². The number of nitrogens with one attached hydrogen (secondary N) is 1. The first-order chi connectivity index (χ1) is 13.3. The van der Waals surface area contributed by atoms with Crippen molar-refractivity contribution in [1.82, 2.24) is 19.8 Å². The van der Waals surface area contributed by atoms with Crippen LogP contribution in [0.25, 0.3) is 0 Å². The third-order valence-electron chi connectivity index (χ3n) is 5.51. The van der Waals surface area contributed by atoms with Crippen LogP contribution >= 0.6 is 0 Å². The Balaban J connectivity index is 1.26. The molecule has 6 heteroatoms. The molecular weight excluding hydrogens is 340 g/mol. The molecule has 1 aromatic carbocycles. The molecule has 0 saturated carbocycles. The van der Waals surface area contributed by atoms with Gasteiger partial charge in [-0.3, -0.25) is 9.69 Å². The molecule has 4 rings (SSSR count). The highest BCUT2D eigenvalue weighted by molar-refractivity contribution is 5.94. The van der Waals surface area contributed by atoms with Gasteiger partial charge in [-0.2, -0.15) is 0 Å². The first kappa shape index (κ1) is 18.0. The van der Waals surface area contributed by atoms with Crippen molar-refractivity contribution in [3.63, 3.8) is 0 Å². The van der Waals surface area contributed by atoms with Crippen molar-refractivity contribution in [3.8, 4) is 5.75 Å². The van der Waals surface area contributed by atoms with E-state index in [-0.39, 0.29) is 12.0 Å². The number of nitrogens with zero attached hydrogens (tertiary/aromatic N) is 3. The minimum Gasteiger partial charge on any atom is -0.490 e. The summed E-state index contributed by atoms with van der Waals surface area (Å²) < 4.78 is 6.14. The van der Waals surface area contributed by atoms with Crippen molar-refractivity contribution in [2.24, 2.45) is 0 Å². The molecule has 0 unspecified atom stereocenters. The molecular formula is C21H28N4O2. The number of rotatable bonds is 5. The van der Waals surface area contributed by atoms with Gasteiger partial charge in [0.15, 0.2) is 0 Å². The number of imidazole rings is 1. The summed E-state index contributed by atoms with van der Waals surface area (Å²) in [5.74, 6) is 2.02. The number of aromatic nitrogens is 2. The molecule has 1 amide bonds. The predicted octanol–water partition coefficient (Wildman–Crippen LogP) is 3.08. The largest absolute Gasteiger partial charge is 0.490 e. The lowest BCUT2D eigenvalue weighted by Crippen LogP contribution is -2.38. The highest BCUT2D eigenvalue weighted by Crippen LogP contribution is 2.21. The van der Waals surface area contributed by atoms with Gasteiger partial charge in [-0.25, -0.2) is 4.98 Å². The molecule has 0 bridgehead atoms. The van der Waals surface area contributed by atoms with Crippen molar-refractivity contribution >= 4 is 5.91 Å². The zero-order chi connectivity index (χ0) is 18.5. The minimum absolute atomic E-state index is 0.146. The fourth-order valence-electron chi connectivity index (χ4n) is 3.93. The number of ether oxygens (including phenoxy) is 1. The molecule has 0 atom stereocenters. The predicted molar refractivity (Wildman–Crippen MR) is 104 cm³/mol. The Kier molecular flexibility index (Phi) is 5.72. The first-order valence-electron chi connectivity index (χ1n) is 10.0. The molecule has 2 aliphatic heterocycles. The van der Waals surface area contributed by atoms with E-state index in [1.54, 1.807) is 6.20 Å². The Morgan fingerprint density at radius 2 is 1.81 bits per heavy atom. The van der Waals surface area contributed by atoms with Gasteiger partial charge in [-0.1, -0.05) is 0 Å². The van der Waals surface area contributed by atoms with Gasteiger partial charge in [0.2, 0.25) is 0 Å². The summed E-state index contributed by atoms with van der Waals surface area (Å²) in [4.78, 5) is 24.4. The number of aromatic amines is 1. The molecule has 144 valence electrons. The van der Waals surface area contributed by atoms with Crippen LogP contribution in [0.3, 0.4) is 0 Å². The third-order valence-corrected chi connectivity index (χ3v) is 5.51. The van der Waals surface area contributed by atoms with Crippen LogP contribution in [0.4, 0.5) is 0 Å². The molecule has 3 heterocycles. The van der Waals surface area contributed by atoms with Gasteiger partial charge in [-0.15, -0.1) is 0 Å². The lowest BCUT2D eigenvalue weighted by molar-refractivity contribution is 0.0724. The maximum Gasteiger partial charge on any atom is 0.253 e. The molecule has 0 spiro atoms. The highest BCUT2D eigenvalue weighted by atomic mass is 16.5. The van der Waals surface area contributed by atoms with Gasteiger partial charge in [0.05, 0.1) is 6.54 Å². The van der Waals surface area contributed by atoms with Crippen molar-refractivity contribution in [2.75, 3.05) is 26.2 Å². The van der Waals surface area contributed by atoms with Crippen LogP contribution in [0.1, 0.15) is 48.3 Å². The number of carbonyl (C=O) groups is 1. The molecule has 2 fully saturated rings. The summed E-state index contributed by atoms with van der Waals surface area (Å²) >= 11 is 0. The van der Waals surface area contributed by atoms with E-state index in [2.05, 4.69) is 14.9 Å². The van der Waals surface area contributed by atoms with E-state index in [4.69, 9.17) is 4.74 Å². The Morgan fingerprint density at radius 1 is 1.07 bits per heavy atom. The summed E-state index contributed by atoms with van der Waals surface area (Å²) in [7, 11) is 0. The number of hydrogen-bond acceptors (Lipinski definition) is 4. The van der Waals surface area contributed by atoms with E-state index >= 15 is 0 Å². The quantitative estimate of drug-likeness (QED) is 0.881. The van der Waals surface area contributed by atoms with Crippen molar-refractivity contribution < 1.29 is 9.53 Å². The van der Waals surface area contributed by atoms with E-state index < -0.39 is 0 Å². The van der Waals surface area contributed by atoms with Crippen LogP contribution in [0.2, 0.25) is 0 Å². The zero-order valence-corrected chi connectivity index (χ0v) is 15.8. The third kappa shape index (κ3) is 4.69. The number of likely N-dealkylation sites (tertiary alicyclic amines) is 2. The molecule has 27 heavy (non-hydrogen) atoms. The average Bonchev–Trinajstić information content (AvgIpc) is 3.23. The van der Waals surface area contributed by atoms with Crippen LogP contribution in [0, 0.1) is 0 Å². The second kappa shape index (κ2) is 8.57. The van der Waals surface area contributed by atoms with Crippen molar-refractivity contribution in [2.45, 2.75) is 44.8 Å². The van der Waals surface area contributed by atoms with Crippen LogP contribution in [-0.2, 0) is 6.54 Å². The number of hydrogen-bond donors (Lipinski definition) is 1. The SMILES string of the molecule is O=C(c1ccc(OC2CCN(Cc3ncc[nH]3)CC2)cc1)N1CCCCC1. The van der Waals surface area contributed by atoms with Crippen molar-refractivity contribution in [1.29, 1.82) is 0 Å². The second-order valence-corrected chi connectivity index (χ2v) is 7.51. The summed E-state index contributed by atoms with van der Waals surface area (Å²) in [6, 6.07) is 7.68. The highest BCUT2D eigenvalue weighted by Gasteiger charge is 2.22. The van der Waals surface area contributed by atoms with Crippen LogP contribution in [0.15, 0.2) is 36.7 Å². The fraction of sp³-hybridized carbons (Fsp3) is 0.524. The fourth-order valence-corrected chi connectivity index (χ4v) is 3.93. The van der Waals surface area contributed by atoms with E-state index in [0.29, 0.717) is 0 Å². The van der Waals surface area contributed by atoms with Crippen LogP contribution < -0.4 is 4.74 Å². The van der Waals surface area contributed by atoms with E-state index in [9.17, 15) is 4.79 Å². The van der Waals surface area contributed by atoms with Gasteiger partial charge in [0, 0.05) is 44.1 Å². The lowest BCUT2D eigenvalue weighted by Gasteiger charge is -2.31. The van der Waals surface area contributed by atoms with E-state index in [1.165, 1.54) is 6.42 Å². The molecule has 1 N–H and O–H groups in total. The summed E-state index contributed by atoms with van der Waals surface area (Å²) in [5.41, 5.74) is 0.762. The van der Waals surface area contributed by atoms with Gasteiger partial charge in [-0.05, 0) is 56.4 Å². The molecule has 1 aromatic heterocycles. The summed E-state index contributed by atoms with van der Waals surface area (Å²) in [5, 5.41) is 0. The molecule has 2 aliphatic rings. The molecule has 0 aliphatic carbocycles. The number of amides is 1. The Hall–Kier alpha value is -2.34. The topological polar surface area (TPSA) is 61.5 Å². The normalized spacial score (nSPS) is 19.2. The Bertz CT molecular complexity index is 715. The molecule has 2 aromatic rings. The van der Waals surface area contributed by atoms with Crippen LogP contribution in [0.5, 0.6) is 5.75 Å². The molecule has 0 radical (unpaired) electrons. The van der Waals surface area contributed by atoms with Crippen molar-refractivity contribution in [3.05, 3.63) is 48.0 Å². The number of benzene rings is 1. The number of piperidine rings is 2. The first-order valence-corrected chi connectivity index (χ1v) is 10.0. The van der Waals surface area contributed by atoms with Gasteiger partial charge >= 0.3 is 0 Å². The summed E-state index contributed by atoms with van der Waals surface area (Å²) in [6.07, 6.45) is 9.38. The summed E-state index contributed by atoms with van der Waals surface area (Å²) in [6.45, 7) is 4.65. The second-order valence-electron chi connectivity index (χ2n) is 7.51. The minimum atomic E-state index is 0.146. The smallest absolute Gasteiger partial charge is 0.253 e. The maximum absolute atomic E-state index is 12.5. The Morgan fingerprint density at radius 3 is 2.48 bits per heavy atom. The number of H-pyrrole nitrogens is 1. The van der Waals surface area contributed by atoms with Gasteiger partial charge in [0.1, 0.15) is 17.7 Å². The maximum atomic E-state index is 12.5. The standard InChI is InChI=1S/C21H28N4O2/c26-21(25-12-2-1-3-13-25)17-4-6-18(7-5-17)27-19-8-14-24(15-9-19)16-20-22-10-11-23-20/h4-7,10-11,19H,1-3,8-9,12-16H2,(H,22,23). The molecule has 6 nitrogen and oxygen atoms in total. The van der Waals surface area contributed by atoms with Crippen LogP contribution in [-0.4, -0.2) is 58.0 Å². The average molecular weight is 368 g/mol. The zero-order valence-electron chi connectivity index (χ0n) is 15.8. The van der Waals surface area contributed by atoms with Gasteiger partial charge in [0.25, 0.3) is 5.91 Å². The molecule has 2 saturated heterocycles. The van der Waals surface area contributed by atoms with E-state index in [1.807, 2.05) is 35.4 Å². The lowest BCUT2D eigenvalue weighted by atomic mass is 10.1. The Labute approximate surface area is 160 Å². The monoisotopic (exact) mass is 368 g/mol. The number of carbonyl (C=O) groups excluding carboxylic acids is 1.